The number of aromatic amines is 1. The van der Waals surface area contributed by atoms with Crippen molar-refractivity contribution in [3.8, 4) is 11.3 Å². The van der Waals surface area contributed by atoms with Crippen LogP contribution in [0.25, 0.3) is 33.0 Å². The zero-order valence-corrected chi connectivity index (χ0v) is 27.1. The van der Waals surface area contributed by atoms with E-state index in [2.05, 4.69) is 35.4 Å². The molecule has 51 heavy (non-hydrogen) atoms. The SMILES string of the molecule is O=C(c1cc(Cc2n[nH]c(=O)c3ccccc23)ccc1F)N1CCN(Cc2ccnc(Nc3cc(-c4ccc(F)c5ccoc45)ncn3)c2)CC1. The molecule has 1 aliphatic heterocycles. The molecule has 0 spiro atoms. The number of pyridine rings is 1. The largest absolute Gasteiger partial charge is 0.464 e. The van der Waals surface area contributed by atoms with Gasteiger partial charge in [-0.05, 0) is 59.7 Å². The van der Waals surface area contributed by atoms with Gasteiger partial charge in [-0.25, -0.2) is 28.8 Å². The predicted molar refractivity (Wildman–Crippen MR) is 187 cm³/mol. The molecular weight excluding hydrogens is 654 g/mol. The number of furan rings is 1. The maximum Gasteiger partial charge on any atom is 0.272 e. The highest BCUT2D eigenvalue weighted by Crippen LogP contribution is 2.31. The smallest absolute Gasteiger partial charge is 0.272 e. The molecule has 7 aromatic rings. The maximum atomic E-state index is 15.0. The molecule has 1 amide bonds. The number of H-pyrrole nitrogens is 1. The van der Waals surface area contributed by atoms with Gasteiger partial charge in [-0.3, -0.25) is 14.5 Å². The van der Waals surface area contributed by atoms with Gasteiger partial charge in [0.2, 0.25) is 0 Å². The highest BCUT2D eigenvalue weighted by Gasteiger charge is 2.25. The average Bonchev–Trinajstić information content (AvgIpc) is 3.65. The Hall–Kier alpha value is -6.34. The molecular formula is C38H30F2N8O3. The second-order valence-electron chi connectivity index (χ2n) is 12.3. The molecule has 11 nitrogen and oxygen atoms in total. The molecule has 5 heterocycles. The number of anilines is 2. The van der Waals surface area contributed by atoms with E-state index in [0.29, 0.717) is 95.0 Å². The van der Waals surface area contributed by atoms with E-state index < -0.39 is 5.82 Å². The van der Waals surface area contributed by atoms with Gasteiger partial charge >= 0.3 is 0 Å². The quantitative estimate of drug-likeness (QED) is 0.195. The Morgan fingerprint density at radius 1 is 0.824 bits per heavy atom. The van der Waals surface area contributed by atoms with Crippen molar-refractivity contribution in [2.75, 3.05) is 31.5 Å². The molecule has 1 saturated heterocycles. The zero-order valence-electron chi connectivity index (χ0n) is 27.1. The van der Waals surface area contributed by atoms with Gasteiger partial charge < -0.3 is 14.6 Å². The van der Waals surface area contributed by atoms with Gasteiger partial charge in [0.15, 0.2) is 0 Å². The van der Waals surface area contributed by atoms with Crippen molar-refractivity contribution in [2.24, 2.45) is 0 Å². The summed E-state index contributed by atoms with van der Waals surface area (Å²) in [6, 6.07) is 21.9. The first-order chi connectivity index (χ1) is 24.9. The number of hydrogen-bond donors (Lipinski definition) is 2. The second kappa shape index (κ2) is 13.5. The Kier molecular flexibility index (Phi) is 8.46. The molecule has 4 aromatic heterocycles. The topological polar surface area (TPSA) is 133 Å². The number of nitrogens with one attached hydrogen (secondary N) is 2. The summed E-state index contributed by atoms with van der Waals surface area (Å²) in [5.74, 6) is -0.199. The molecule has 0 atom stereocenters. The number of fused-ring (bicyclic) bond motifs is 2. The van der Waals surface area contributed by atoms with Gasteiger partial charge in [-0.2, -0.15) is 5.10 Å². The Balaban J connectivity index is 0.903. The van der Waals surface area contributed by atoms with E-state index in [4.69, 9.17) is 4.42 Å². The van der Waals surface area contributed by atoms with Crippen LogP contribution in [0.3, 0.4) is 0 Å². The van der Waals surface area contributed by atoms with Crippen molar-refractivity contribution < 1.29 is 18.0 Å². The number of amides is 1. The molecule has 0 aliphatic carbocycles. The fourth-order valence-corrected chi connectivity index (χ4v) is 6.46. The molecule has 3 aromatic carbocycles. The molecule has 0 unspecified atom stereocenters. The van der Waals surface area contributed by atoms with Gasteiger partial charge in [0.05, 0.1) is 34.0 Å². The number of carbonyl (C=O) groups is 1. The molecule has 1 aliphatic rings. The summed E-state index contributed by atoms with van der Waals surface area (Å²) in [5, 5.41) is 11.6. The minimum absolute atomic E-state index is 0.0143. The first-order valence-corrected chi connectivity index (χ1v) is 16.4. The third-order valence-corrected chi connectivity index (χ3v) is 9.06. The summed E-state index contributed by atoms with van der Waals surface area (Å²) in [4.78, 5) is 42.7. The molecule has 8 rings (SSSR count). The van der Waals surface area contributed by atoms with Crippen LogP contribution in [0.15, 0.2) is 107 Å². The van der Waals surface area contributed by atoms with E-state index in [1.54, 1.807) is 53.6 Å². The number of hydrogen-bond acceptors (Lipinski definition) is 9. The third-order valence-electron chi connectivity index (χ3n) is 9.06. The lowest BCUT2D eigenvalue weighted by molar-refractivity contribution is 0.0624. The number of halogens is 2. The van der Waals surface area contributed by atoms with Crippen LogP contribution >= 0.6 is 0 Å². The standard InChI is InChI=1S/C38H30F2N8O3/c39-30-8-6-28(36-27(30)10-16-51-36)32-20-35(43-22-42-32)44-34-19-24(9-11-41-34)21-47-12-14-48(15-13-47)38(50)29-17-23(5-7-31(29)40)18-33-25-3-1-2-4-26(25)37(49)46-45-33/h1-11,16-17,19-20,22H,12-15,18,21H2,(H,46,49)(H,41,42,43,44). The predicted octanol–water partition coefficient (Wildman–Crippen LogP) is 6.09. The zero-order chi connectivity index (χ0) is 34.9. The van der Waals surface area contributed by atoms with Gasteiger partial charge in [0, 0.05) is 62.4 Å². The van der Waals surface area contributed by atoms with Crippen LogP contribution in [-0.2, 0) is 13.0 Å². The van der Waals surface area contributed by atoms with E-state index in [0.717, 1.165) is 5.56 Å². The first kappa shape index (κ1) is 31.9. The van der Waals surface area contributed by atoms with Gasteiger partial charge in [-0.15, -0.1) is 0 Å². The highest BCUT2D eigenvalue weighted by molar-refractivity contribution is 5.95. The van der Waals surface area contributed by atoms with Crippen LogP contribution in [0.5, 0.6) is 0 Å². The fourth-order valence-electron chi connectivity index (χ4n) is 6.46. The monoisotopic (exact) mass is 684 g/mol. The minimum atomic E-state index is -0.579. The Morgan fingerprint density at radius 3 is 2.49 bits per heavy atom. The van der Waals surface area contributed by atoms with Crippen LogP contribution in [0.4, 0.5) is 20.4 Å². The van der Waals surface area contributed by atoms with Crippen molar-refractivity contribution in [1.29, 1.82) is 0 Å². The van der Waals surface area contributed by atoms with Gasteiger partial charge in [0.1, 0.15) is 35.2 Å². The number of aromatic nitrogens is 5. The molecule has 13 heteroatoms. The number of carbonyl (C=O) groups excluding carboxylic acids is 1. The van der Waals surface area contributed by atoms with E-state index in [9.17, 15) is 18.4 Å². The van der Waals surface area contributed by atoms with Crippen molar-refractivity contribution in [1.82, 2.24) is 34.9 Å². The Morgan fingerprint density at radius 2 is 1.63 bits per heavy atom. The maximum absolute atomic E-state index is 15.0. The number of piperazine rings is 1. The fraction of sp³-hybridized carbons (Fsp3) is 0.158. The summed E-state index contributed by atoms with van der Waals surface area (Å²) in [6.45, 7) is 2.74. The average molecular weight is 685 g/mol. The van der Waals surface area contributed by atoms with Crippen molar-refractivity contribution >= 4 is 39.3 Å². The third kappa shape index (κ3) is 6.54. The first-order valence-electron chi connectivity index (χ1n) is 16.4. The second-order valence-corrected chi connectivity index (χ2v) is 12.3. The number of rotatable bonds is 8. The van der Waals surface area contributed by atoms with E-state index in [1.807, 2.05) is 24.3 Å². The van der Waals surface area contributed by atoms with Crippen LogP contribution in [0.1, 0.15) is 27.2 Å². The van der Waals surface area contributed by atoms with E-state index in [1.165, 1.54) is 24.7 Å². The van der Waals surface area contributed by atoms with E-state index in [-0.39, 0.29) is 22.8 Å². The van der Waals surface area contributed by atoms with Crippen LogP contribution in [-0.4, -0.2) is 67.0 Å². The Bertz CT molecular complexity index is 2470. The lowest BCUT2D eigenvalue weighted by Crippen LogP contribution is -2.48. The lowest BCUT2D eigenvalue weighted by Gasteiger charge is -2.35. The van der Waals surface area contributed by atoms with Crippen molar-refractivity contribution in [2.45, 2.75) is 13.0 Å². The lowest BCUT2D eigenvalue weighted by atomic mass is 10.0. The summed E-state index contributed by atoms with van der Waals surface area (Å²) in [5.41, 5.74) is 3.74. The van der Waals surface area contributed by atoms with Gasteiger partial charge in [-0.1, -0.05) is 24.3 Å². The van der Waals surface area contributed by atoms with Crippen LogP contribution in [0.2, 0.25) is 0 Å². The molecule has 0 saturated carbocycles. The summed E-state index contributed by atoms with van der Waals surface area (Å²) in [7, 11) is 0. The molecule has 0 bridgehead atoms. The number of nitrogens with zero attached hydrogens (tertiary/aromatic N) is 6. The van der Waals surface area contributed by atoms with Crippen LogP contribution in [0, 0.1) is 11.6 Å². The van der Waals surface area contributed by atoms with E-state index >= 15 is 0 Å². The normalized spacial score (nSPS) is 13.6. The highest BCUT2D eigenvalue weighted by atomic mass is 19.1. The molecule has 1 fully saturated rings. The van der Waals surface area contributed by atoms with Gasteiger partial charge in [0.25, 0.3) is 11.5 Å². The van der Waals surface area contributed by atoms with Crippen molar-refractivity contribution in [3.63, 3.8) is 0 Å². The molecule has 2 N–H and O–H groups in total. The van der Waals surface area contributed by atoms with Crippen LogP contribution < -0.4 is 10.9 Å². The number of benzene rings is 3. The summed E-state index contributed by atoms with van der Waals surface area (Å²) >= 11 is 0. The summed E-state index contributed by atoms with van der Waals surface area (Å²) < 4.78 is 34.7. The summed E-state index contributed by atoms with van der Waals surface area (Å²) in [6.07, 6.45) is 4.92. The van der Waals surface area contributed by atoms with Crippen molar-refractivity contribution in [3.05, 3.63) is 142 Å². The Labute approximate surface area is 289 Å². The molecule has 0 radical (unpaired) electrons. The minimum Gasteiger partial charge on any atom is -0.464 e. The molecule has 254 valence electrons.